The first-order chi connectivity index (χ1) is 11.3. The van der Waals surface area contributed by atoms with Crippen molar-refractivity contribution < 1.29 is 9.53 Å². The van der Waals surface area contributed by atoms with Gasteiger partial charge in [0, 0.05) is 31.5 Å². The van der Waals surface area contributed by atoms with Crippen molar-refractivity contribution in [2.75, 3.05) is 31.2 Å². The first-order valence-corrected chi connectivity index (χ1v) is 7.94. The lowest BCUT2D eigenvalue weighted by atomic mass is 10.1. The lowest BCUT2D eigenvalue weighted by Gasteiger charge is -2.28. The Morgan fingerprint density at radius 1 is 1.26 bits per heavy atom. The van der Waals surface area contributed by atoms with Crippen LogP contribution in [-0.2, 0) is 11.3 Å². The van der Waals surface area contributed by atoms with E-state index < -0.39 is 0 Å². The molecule has 1 aliphatic heterocycles. The van der Waals surface area contributed by atoms with Gasteiger partial charge in [0.05, 0.1) is 25.0 Å². The van der Waals surface area contributed by atoms with Gasteiger partial charge in [0.2, 0.25) is 0 Å². The molecule has 3 rings (SSSR count). The number of hydrogen-bond donors (Lipinski definition) is 0. The predicted octanol–water partition coefficient (Wildman–Crippen LogP) is 2.64. The molecule has 120 valence electrons. The largest absolute Gasteiger partial charge is 0.378 e. The van der Waals surface area contributed by atoms with Gasteiger partial charge in [-0.3, -0.25) is 9.48 Å². The third-order valence-electron chi connectivity index (χ3n) is 3.94. The summed E-state index contributed by atoms with van der Waals surface area (Å²) in [5.41, 5.74) is 2.83. The maximum atomic E-state index is 12.1. The van der Waals surface area contributed by atoms with E-state index in [1.807, 2.05) is 25.1 Å². The van der Waals surface area contributed by atoms with Crippen LogP contribution in [0.4, 0.5) is 5.69 Å². The fourth-order valence-corrected chi connectivity index (χ4v) is 2.55. The summed E-state index contributed by atoms with van der Waals surface area (Å²) in [6.45, 7) is 6.17. The van der Waals surface area contributed by atoms with Crippen LogP contribution in [0.3, 0.4) is 0 Å². The van der Waals surface area contributed by atoms with Gasteiger partial charge in [-0.25, -0.2) is 0 Å². The number of aryl methyl sites for hydroxylation is 1. The van der Waals surface area contributed by atoms with E-state index in [0.717, 1.165) is 38.4 Å². The van der Waals surface area contributed by atoms with Gasteiger partial charge in [-0.2, -0.15) is 5.10 Å². The molecule has 1 saturated heterocycles. The van der Waals surface area contributed by atoms with E-state index in [0.29, 0.717) is 5.56 Å². The average molecular weight is 311 g/mol. The molecule has 0 radical (unpaired) electrons. The van der Waals surface area contributed by atoms with E-state index in [1.54, 1.807) is 23.2 Å². The molecule has 0 unspecified atom stereocenters. The molecule has 0 amide bonds. The van der Waals surface area contributed by atoms with Gasteiger partial charge in [0.1, 0.15) is 0 Å². The Morgan fingerprint density at radius 2 is 2.00 bits per heavy atom. The molecule has 0 spiro atoms. The van der Waals surface area contributed by atoms with Crippen molar-refractivity contribution >= 4 is 17.5 Å². The zero-order valence-electron chi connectivity index (χ0n) is 13.3. The number of hydrogen-bond acceptors (Lipinski definition) is 4. The van der Waals surface area contributed by atoms with Crippen LogP contribution < -0.4 is 4.90 Å². The summed E-state index contributed by atoms with van der Waals surface area (Å²) in [6, 6.07) is 8.24. The third-order valence-corrected chi connectivity index (χ3v) is 3.94. The van der Waals surface area contributed by atoms with Crippen molar-refractivity contribution in [2.45, 2.75) is 13.5 Å². The van der Waals surface area contributed by atoms with Crippen LogP contribution >= 0.6 is 0 Å². The van der Waals surface area contributed by atoms with E-state index in [1.165, 1.54) is 5.69 Å². The quantitative estimate of drug-likeness (QED) is 0.629. The number of allylic oxidation sites excluding steroid dienone is 1. The minimum Gasteiger partial charge on any atom is -0.378 e. The Kier molecular flexibility index (Phi) is 4.88. The molecule has 0 aliphatic carbocycles. The van der Waals surface area contributed by atoms with Crippen LogP contribution in [0.15, 0.2) is 42.7 Å². The monoisotopic (exact) mass is 311 g/mol. The van der Waals surface area contributed by atoms with Gasteiger partial charge in [0.25, 0.3) is 0 Å². The number of ether oxygens (including phenoxy) is 1. The lowest BCUT2D eigenvalue weighted by Crippen LogP contribution is -2.36. The second-order valence-corrected chi connectivity index (χ2v) is 5.47. The number of anilines is 1. The van der Waals surface area contributed by atoms with E-state index in [2.05, 4.69) is 22.1 Å². The highest BCUT2D eigenvalue weighted by atomic mass is 16.5. The Hall–Kier alpha value is -2.40. The van der Waals surface area contributed by atoms with E-state index in [-0.39, 0.29) is 5.78 Å². The molecule has 5 heteroatoms. The molecule has 1 aromatic carbocycles. The molecule has 2 aromatic rings. The topological polar surface area (TPSA) is 47.4 Å². The molecule has 1 aliphatic rings. The van der Waals surface area contributed by atoms with E-state index >= 15 is 0 Å². The maximum absolute atomic E-state index is 12.1. The van der Waals surface area contributed by atoms with Gasteiger partial charge < -0.3 is 9.64 Å². The maximum Gasteiger partial charge on any atom is 0.189 e. The average Bonchev–Trinajstić information content (AvgIpc) is 3.10. The molecular formula is C18H21N3O2. The Bertz CT molecular complexity index is 683. The van der Waals surface area contributed by atoms with Crippen LogP contribution in [0.1, 0.15) is 22.8 Å². The molecule has 1 aromatic heterocycles. The summed E-state index contributed by atoms with van der Waals surface area (Å²) in [4.78, 5) is 14.4. The number of benzene rings is 1. The summed E-state index contributed by atoms with van der Waals surface area (Å²) >= 11 is 0. The highest BCUT2D eigenvalue weighted by molar-refractivity contribution is 6.06. The fraction of sp³-hybridized carbons (Fsp3) is 0.333. The van der Waals surface area contributed by atoms with Gasteiger partial charge in [-0.05, 0) is 30.7 Å². The number of ketones is 1. The number of morpholine rings is 1. The third kappa shape index (κ3) is 3.87. The molecule has 0 N–H and O–H groups in total. The molecule has 1 fully saturated rings. The molecule has 5 nitrogen and oxygen atoms in total. The van der Waals surface area contributed by atoms with Crippen LogP contribution in [0.2, 0.25) is 0 Å². The van der Waals surface area contributed by atoms with Crippen molar-refractivity contribution in [3.8, 4) is 0 Å². The zero-order chi connectivity index (χ0) is 16.1. The molecule has 2 heterocycles. The van der Waals surface area contributed by atoms with Gasteiger partial charge in [-0.15, -0.1) is 0 Å². The Labute approximate surface area is 136 Å². The van der Waals surface area contributed by atoms with Crippen molar-refractivity contribution in [3.05, 3.63) is 53.9 Å². The lowest BCUT2D eigenvalue weighted by molar-refractivity contribution is 0.104. The molecular weight excluding hydrogens is 290 g/mol. The Morgan fingerprint density at radius 3 is 2.65 bits per heavy atom. The number of rotatable bonds is 5. The second kappa shape index (κ2) is 7.24. The summed E-state index contributed by atoms with van der Waals surface area (Å²) in [5.74, 6) is -0.0260. The van der Waals surface area contributed by atoms with Crippen LogP contribution in [-0.4, -0.2) is 41.9 Å². The summed E-state index contributed by atoms with van der Waals surface area (Å²) in [7, 11) is 0. The Balaban J connectivity index is 1.64. The number of aromatic nitrogens is 2. The standard InChI is InChI=1S/C18H21N3O2/c1-2-21-14-16(13-19-21)18(22)8-5-15-3-6-17(7-4-15)20-9-11-23-12-10-20/h3-8,13-14H,2,9-12H2,1H3/b8-5-. The summed E-state index contributed by atoms with van der Waals surface area (Å²) in [6.07, 6.45) is 6.82. The normalized spacial score (nSPS) is 15.3. The first-order valence-electron chi connectivity index (χ1n) is 7.94. The van der Waals surface area contributed by atoms with Gasteiger partial charge in [0.15, 0.2) is 5.78 Å². The molecule has 23 heavy (non-hydrogen) atoms. The minimum atomic E-state index is -0.0260. The SMILES string of the molecule is CCn1cc(C(=O)/C=C\c2ccc(N3CCOCC3)cc2)cn1. The predicted molar refractivity (Wildman–Crippen MR) is 90.7 cm³/mol. The molecule has 0 bridgehead atoms. The number of carbonyl (C=O) groups is 1. The smallest absolute Gasteiger partial charge is 0.189 e. The van der Waals surface area contributed by atoms with Crippen molar-refractivity contribution in [1.29, 1.82) is 0 Å². The van der Waals surface area contributed by atoms with Crippen LogP contribution in [0.25, 0.3) is 6.08 Å². The second-order valence-electron chi connectivity index (χ2n) is 5.47. The zero-order valence-corrected chi connectivity index (χ0v) is 13.3. The molecule has 0 saturated carbocycles. The van der Waals surface area contributed by atoms with E-state index in [9.17, 15) is 4.79 Å². The van der Waals surface area contributed by atoms with Crippen LogP contribution in [0.5, 0.6) is 0 Å². The first kappa shape index (κ1) is 15.5. The van der Waals surface area contributed by atoms with Crippen LogP contribution in [0, 0.1) is 0 Å². The van der Waals surface area contributed by atoms with Crippen molar-refractivity contribution in [3.63, 3.8) is 0 Å². The summed E-state index contributed by atoms with van der Waals surface area (Å²) in [5, 5.41) is 4.12. The van der Waals surface area contributed by atoms with Gasteiger partial charge >= 0.3 is 0 Å². The summed E-state index contributed by atoms with van der Waals surface area (Å²) < 4.78 is 7.11. The number of carbonyl (C=O) groups excluding carboxylic acids is 1. The van der Waals surface area contributed by atoms with E-state index in [4.69, 9.17) is 4.74 Å². The highest BCUT2D eigenvalue weighted by Gasteiger charge is 2.10. The van der Waals surface area contributed by atoms with Gasteiger partial charge in [-0.1, -0.05) is 18.2 Å². The van der Waals surface area contributed by atoms with Crippen molar-refractivity contribution in [1.82, 2.24) is 9.78 Å². The minimum absolute atomic E-state index is 0.0260. The fourth-order valence-electron chi connectivity index (χ4n) is 2.55. The highest BCUT2D eigenvalue weighted by Crippen LogP contribution is 2.17. The molecule has 0 atom stereocenters. The van der Waals surface area contributed by atoms with Crippen molar-refractivity contribution in [2.24, 2.45) is 0 Å². The number of nitrogens with zero attached hydrogens (tertiary/aromatic N) is 3.